The zero-order valence-electron chi connectivity index (χ0n) is 11.9. The maximum Gasteiger partial charge on any atom is 0.119 e. The van der Waals surface area contributed by atoms with Crippen LogP contribution >= 0.6 is 0 Å². The molecule has 0 aromatic heterocycles. The molecule has 0 aliphatic carbocycles. The van der Waals surface area contributed by atoms with E-state index in [2.05, 4.69) is 12.1 Å². The lowest BCUT2D eigenvalue weighted by Crippen LogP contribution is -1.97. The van der Waals surface area contributed by atoms with Gasteiger partial charge in [0.1, 0.15) is 11.5 Å². The Balaban J connectivity index is 2.47. The van der Waals surface area contributed by atoms with Gasteiger partial charge in [0.15, 0.2) is 0 Å². The molecule has 0 saturated carbocycles. The SMILES string of the molecule is Cc1cc(O)c(C)c(Cc2cc(C)cc(O)c2C)c1. The molecule has 0 bridgehead atoms. The van der Waals surface area contributed by atoms with Crippen LogP contribution in [0.3, 0.4) is 0 Å². The summed E-state index contributed by atoms with van der Waals surface area (Å²) in [6, 6.07) is 7.74. The van der Waals surface area contributed by atoms with Crippen LogP contribution in [0.1, 0.15) is 33.4 Å². The minimum absolute atomic E-state index is 0.338. The molecule has 2 N–H and O–H groups in total. The number of aromatic hydroxyl groups is 2. The summed E-state index contributed by atoms with van der Waals surface area (Å²) in [6.07, 6.45) is 0.724. The van der Waals surface area contributed by atoms with Crippen LogP contribution in [-0.2, 0) is 6.42 Å². The van der Waals surface area contributed by atoms with E-state index in [1.807, 2.05) is 27.7 Å². The Morgan fingerprint density at radius 1 is 0.684 bits per heavy atom. The molecule has 2 nitrogen and oxygen atoms in total. The van der Waals surface area contributed by atoms with E-state index >= 15 is 0 Å². The lowest BCUT2D eigenvalue weighted by atomic mass is 9.94. The minimum Gasteiger partial charge on any atom is -0.508 e. The molecule has 0 saturated heterocycles. The van der Waals surface area contributed by atoms with Crippen molar-refractivity contribution in [3.05, 3.63) is 57.6 Å². The van der Waals surface area contributed by atoms with E-state index in [9.17, 15) is 10.2 Å². The molecule has 19 heavy (non-hydrogen) atoms. The molecular formula is C17H20O2. The summed E-state index contributed by atoms with van der Waals surface area (Å²) < 4.78 is 0. The summed E-state index contributed by atoms with van der Waals surface area (Å²) in [6.45, 7) is 7.80. The zero-order valence-corrected chi connectivity index (χ0v) is 11.9. The number of benzene rings is 2. The monoisotopic (exact) mass is 256 g/mol. The zero-order chi connectivity index (χ0) is 14.2. The number of rotatable bonds is 2. The van der Waals surface area contributed by atoms with E-state index in [0.717, 1.165) is 39.8 Å². The highest BCUT2D eigenvalue weighted by atomic mass is 16.3. The van der Waals surface area contributed by atoms with Crippen molar-refractivity contribution in [3.63, 3.8) is 0 Å². The third kappa shape index (κ3) is 2.73. The van der Waals surface area contributed by atoms with Crippen molar-refractivity contribution < 1.29 is 10.2 Å². The molecule has 2 rings (SSSR count). The van der Waals surface area contributed by atoms with Crippen LogP contribution in [0.4, 0.5) is 0 Å². The van der Waals surface area contributed by atoms with Crippen molar-refractivity contribution in [2.24, 2.45) is 0 Å². The molecule has 0 aliphatic heterocycles. The van der Waals surface area contributed by atoms with Crippen LogP contribution in [0.5, 0.6) is 11.5 Å². The van der Waals surface area contributed by atoms with Gasteiger partial charge in [-0.15, -0.1) is 0 Å². The van der Waals surface area contributed by atoms with Gasteiger partial charge in [-0.2, -0.15) is 0 Å². The van der Waals surface area contributed by atoms with Crippen molar-refractivity contribution >= 4 is 0 Å². The molecule has 0 heterocycles. The van der Waals surface area contributed by atoms with Crippen LogP contribution in [-0.4, -0.2) is 10.2 Å². The Kier molecular flexibility index (Phi) is 3.52. The molecule has 2 aromatic carbocycles. The second-order valence-electron chi connectivity index (χ2n) is 5.31. The molecule has 0 radical (unpaired) electrons. The van der Waals surface area contributed by atoms with Gasteiger partial charge in [-0.1, -0.05) is 12.1 Å². The number of aryl methyl sites for hydroxylation is 2. The van der Waals surface area contributed by atoms with Crippen molar-refractivity contribution in [3.8, 4) is 11.5 Å². The van der Waals surface area contributed by atoms with E-state index in [0.29, 0.717) is 11.5 Å². The average Bonchev–Trinajstić information content (AvgIpc) is 2.31. The fourth-order valence-corrected chi connectivity index (χ4v) is 2.40. The summed E-state index contributed by atoms with van der Waals surface area (Å²) in [5, 5.41) is 19.8. The van der Waals surface area contributed by atoms with Gasteiger partial charge in [-0.05, 0) is 79.6 Å². The first kappa shape index (κ1) is 13.5. The highest BCUT2D eigenvalue weighted by Crippen LogP contribution is 2.28. The van der Waals surface area contributed by atoms with E-state index in [1.54, 1.807) is 12.1 Å². The van der Waals surface area contributed by atoms with Gasteiger partial charge in [-0.25, -0.2) is 0 Å². The quantitative estimate of drug-likeness (QED) is 0.855. The van der Waals surface area contributed by atoms with Crippen LogP contribution < -0.4 is 0 Å². The number of phenols is 2. The predicted molar refractivity (Wildman–Crippen MR) is 78.0 cm³/mol. The van der Waals surface area contributed by atoms with Gasteiger partial charge in [0.25, 0.3) is 0 Å². The lowest BCUT2D eigenvalue weighted by Gasteiger charge is -2.13. The molecule has 100 valence electrons. The first-order valence-electron chi connectivity index (χ1n) is 6.46. The second kappa shape index (κ2) is 4.96. The van der Waals surface area contributed by atoms with E-state index in [1.165, 1.54) is 0 Å². The smallest absolute Gasteiger partial charge is 0.119 e. The first-order chi connectivity index (χ1) is 8.88. The fraction of sp³-hybridized carbons (Fsp3) is 0.294. The van der Waals surface area contributed by atoms with Crippen LogP contribution in [0.2, 0.25) is 0 Å². The van der Waals surface area contributed by atoms with Gasteiger partial charge < -0.3 is 10.2 Å². The Morgan fingerprint density at radius 3 is 1.42 bits per heavy atom. The van der Waals surface area contributed by atoms with Crippen LogP contribution in [0.25, 0.3) is 0 Å². The van der Waals surface area contributed by atoms with Gasteiger partial charge in [0, 0.05) is 0 Å². The third-order valence-corrected chi connectivity index (χ3v) is 3.65. The molecule has 2 heteroatoms. The third-order valence-electron chi connectivity index (χ3n) is 3.65. The molecule has 0 unspecified atom stereocenters. The average molecular weight is 256 g/mol. The molecule has 0 fully saturated rings. The van der Waals surface area contributed by atoms with E-state index in [-0.39, 0.29) is 0 Å². The van der Waals surface area contributed by atoms with Gasteiger partial charge >= 0.3 is 0 Å². The van der Waals surface area contributed by atoms with Crippen molar-refractivity contribution in [2.75, 3.05) is 0 Å². The van der Waals surface area contributed by atoms with Crippen molar-refractivity contribution in [1.82, 2.24) is 0 Å². The highest BCUT2D eigenvalue weighted by molar-refractivity contribution is 5.48. The molecule has 0 atom stereocenters. The number of hydrogen-bond donors (Lipinski definition) is 2. The van der Waals surface area contributed by atoms with Gasteiger partial charge in [0.05, 0.1) is 0 Å². The first-order valence-corrected chi connectivity index (χ1v) is 6.46. The molecule has 0 amide bonds. The Labute approximate surface area is 114 Å². The van der Waals surface area contributed by atoms with Gasteiger partial charge in [0.2, 0.25) is 0 Å². The fourth-order valence-electron chi connectivity index (χ4n) is 2.40. The lowest BCUT2D eigenvalue weighted by molar-refractivity contribution is 0.469. The molecule has 2 aromatic rings. The van der Waals surface area contributed by atoms with E-state index in [4.69, 9.17) is 0 Å². The summed E-state index contributed by atoms with van der Waals surface area (Å²) in [5.41, 5.74) is 6.12. The number of hydrogen-bond acceptors (Lipinski definition) is 2. The maximum absolute atomic E-state index is 9.89. The summed E-state index contributed by atoms with van der Waals surface area (Å²) in [5.74, 6) is 0.675. The minimum atomic E-state index is 0.338. The largest absolute Gasteiger partial charge is 0.508 e. The van der Waals surface area contributed by atoms with Gasteiger partial charge in [-0.3, -0.25) is 0 Å². The summed E-state index contributed by atoms with van der Waals surface area (Å²) in [4.78, 5) is 0. The van der Waals surface area contributed by atoms with Crippen LogP contribution in [0, 0.1) is 27.7 Å². The van der Waals surface area contributed by atoms with Crippen LogP contribution in [0.15, 0.2) is 24.3 Å². The Bertz CT molecular complexity index is 572. The topological polar surface area (TPSA) is 40.5 Å². The van der Waals surface area contributed by atoms with E-state index < -0.39 is 0 Å². The summed E-state index contributed by atoms with van der Waals surface area (Å²) in [7, 11) is 0. The molecule has 0 spiro atoms. The second-order valence-corrected chi connectivity index (χ2v) is 5.31. The standard InChI is InChI=1S/C17H20O2/c1-10-5-14(12(3)16(18)7-10)9-15-6-11(2)8-17(19)13(15)4/h5-8,18-19H,9H2,1-4H3. The van der Waals surface area contributed by atoms with Crippen molar-refractivity contribution in [1.29, 1.82) is 0 Å². The maximum atomic E-state index is 9.89. The van der Waals surface area contributed by atoms with Crippen molar-refractivity contribution in [2.45, 2.75) is 34.1 Å². The Hall–Kier alpha value is -1.96. The number of phenolic OH excluding ortho intramolecular Hbond substituents is 2. The normalized spacial score (nSPS) is 10.7. The summed E-state index contributed by atoms with van der Waals surface area (Å²) >= 11 is 0. The molecule has 0 aliphatic rings. The Morgan fingerprint density at radius 2 is 1.05 bits per heavy atom. The highest BCUT2D eigenvalue weighted by Gasteiger charge is 2.10. The predicted octanol–water partition coefficient (Wildman–Crippen LogP) is 3.92. The molecular weight excluding hydrogens is 236 g/mol.